The van der Waals surface area contributed by atoms with Crippen molar-refractivity contribution in [1.82, 2.24) is 19.9 Å². The zero-order valence-corrected chi connectivity index (χ0v) is 13.5. The summed E-state index contributed by atoms with van der Waals surface area (Å²) in [5.41, 5.74) is 6.47. The molecule has 0 amide bonds. The first-order valence-electron chi connectivity index (χ1n) is 6.68. The average molecular weight is 354 g/mol. The Morgan fingerprint density at radius 1 is 1.20 bits per heavy atom. The smallest absolute Gasteiger partial charge is 0.220 e. The minimum absolute atomic E-state index is 0.286. The molecule has 2 N–H and O–H groups in total. The molecular formula is C13H16BrN5S. The second-order valence-corrected chi connectivity index (χ2v) is 6.85. The molecule has 1 aliphatic rings. The van der Waals surface area contributed by atoms with E-state index in [0.29, 0.717) is 0 Å². The van der Waals surface area contributed by atoms with Crippen LogP contribution in [0.2, 0.25) is 0 Å². The second kappa shape index (κ2) is 6.15. The van der Waals surface area contributed by atoms with Gasteiger partial charge in [0.2, 0.25) is 5.95 Å². The number of nitrogen functional groups attached to an aromatic ring is 1. The van der Waals surface area contributed by atoms with E-state index in [1.807, 2.05) is 6.20 Å². The van der Waals surface area contributed by atoms with Crippen molar-refractivity contribution in [3.05, 3.63) is 21.9 Å². The van der Waals surface area contributed by atoms with Gasteiger partial charge in [-0.3, -0.25) is 4.90 Å². The third kappa shape index (κ3) is 3.16. The lowest BCUT2D eigenvalue weighted by atomic mass is 10.1. The highest BCUT2D eigenvalue weighted by Crippen LogP contribution is 2.31. The maximum atomic E-state index is 5.65. The molecule has 0 atom stereocenters. The molecule has 0 bridgehead atoms. The Bertz CT molecular complexity index is 594. The number of hydrogen-bond donors (Lipinski definition) is 1. The Morgan fingerprint density at radius 3 is 2.80 bits per heavy atom. The summed E-state index contributed by atoms with van der Waals surface area (Å²) >= 11 is 5.14. The number of aromatic nitrogens is 3. The summed E-state index contributed by atoms with van der Waals surface area (Å²) in [6.07, 6.45) is 7.50. The molecule has 7 heteroatoms. The second-order valence-electron chi connectivity index (χ2n) is 4.88. The first kappa shape index (κ1) is 13.9. The predicted octanol–water partition coefficient (Wildman–Crippen LogP) is 2.93. The van der Waals surface area contributed by atoms with E-state index in [-0.39, 0.29) is 5.95 Å². The molecule has 1 saturated heterocycles. The van der Waals surface area contributed by atoms with Crippen LogP contribution in [-0.4, -0.2) is 32.9 Å². The molecule has 3 heterocycles. The topological polar surface area (TPSA) is 67.9 Å². The maximum Gasteiger partial charge on any atom is 0.220 e. The van der Waals surface area contributed by atoms with Gasteiger partial charge in [0.05, 0.1) is 15.9 Å². The van der Waals surface area contributed by atoms with Crippen LogP contribution in [0.4, 0.5) is 5.95 Å². The lowest BCUT2D eigenvalue weighted by Crippen LogP contribution is -2.28. The minimum Gasteiger partial charge on any atom is -0.368 e. The lowest BCUT2D eigenvalue weighted by Gasteiger charge is -2.25. The van der Waals surface area contributed by atoms with Crippen molar-refractivity contribution in [2.45, 2.75) is 25.8 Å². The van der Waals surface area contributed by atoms with Crippen molar-refractivity contribution in [3.63, 3.8) is 0 Å². The maximum absolute atomic E-state index is 5.65. The van der Waals surface area contributed by atoms with Crippen molar-refractivity contribution >= 4 is 33.2 Å². The Balaban J connectivity index is 1.77. The first-order chi connectivity index (χ1) is 9.72. The number of hydrogen-bond acceptors (Lipinski definition) is 6. The molecule has 0 radical (unpaired) electrons. The van der Waals surface area contributed by atoms with E-state index in [4.69, 9.17) is 5.73 Å². The zero-order valence-electron chi connectivity index (χ0n) is 11.0. The molecular weight excluding hydrogens is 338 g/mol. The number of nitrogens with zero attached hydrogens (tertiary/aromatic N) is 4. The lowest BCUT2D eigenvalue weighted by molar-refractivity contribution is 0.220. The summed E-state index contributed by atoms with van der Waals surface area (Å²) in [7, 11) is 0. The summed E-state index contributed by atoms with van der Waals surface area (Å²) in [6, 6.07) is 0. The molecule has 0 aromatic carbocycles. The van der Waals surface area contributed by atoms with Crippen LogP contribution in [0.3, 0.4) is 0 Å². The Morgan fingerprint density at radius 2 is 2.00 bits per heavy atom. The van der Waals surface area contributed by atoms with Gasteiger partial charge in [0.25, 0.3) is 0 Å². The number of rotatable bonds is 3. The monoisotopic (exact) mass is 353 g/mol. The fourth-order valence-corrected chi connectivity index (χ4v) is 3.86. The molecule has 2 aromatic rings. The number of halogens is 1. The number of anilines is 1. The molecule has 0 spiro atoms. The van der Waals surface area contributed by atoms with Gasteiger partial charge >= 0.3 is 0 Å². The van der Waals surface area contributed by atoms with Gasteiger partial charge in [0, 0.05) is 12.4 Å². The summed E-state index contributed by atoms with van der Waals surface area (Å²) in [5, 5.41) is 1.13. The van der Waals surface area contributed by atoms with E-state index in [1.165, 1.54) is 32.4 Å². The first-order valence-corrected chi connectivity index (χ1v) is 8.29. The zero-order chi connectivity index (χ0) is 13.9. The van der Waals surface area contributed by atoms with Gasteiger partial charge in [0.15, 0.2) is 0 Å². The Labute approximate surface area is 130 Å². The third-order valence-corrected chi connectivity index (χ3v) is 4.93. The molecule has 20 heavy (non-hydrogen) atoms. The highest BCUT2D eigenvalue weighted by atomic mass is 79.9. The molecule has 1 fully saturated rings. The van der Waals surface area contributed by atoms with Crippen molar-refractivity contribution in [2.24, 2.45) is 0 Å². The fourth-order valence-electron chi connectivity index (χ4n) is 2.36. The summed E-state index contributed by atoms with van der Waals surface area (Å²) in [6.45, 7) is 3.29. The van der Waals surface area contributed by atoms with E-state index >= 15 is 0 Å². The number of piperidine rings is 1. The molecule has 3 rings (SSSR count). The van der Waals surface area contributed by atoms with Gasteiger partial charge in [-0.25, -0.2) is 15.0 Å². The van der Waals surface area contributed by atoms with Crippen LogP contribution < -0.4 is 5.73 Å². The molecule has 0 aliphatic carbocycles. The Kier molecular flexibility index (Phi) is 4.28. The number of likely N-dealkylation sites (tertiary alicyclic amines) is 1. The van der Waals surface area contributed by atoms with Gasteiger partial charge in [-0.2, -0.15) is 0 Å². The van der Waals surface area contributed by atoms with Crippen LogP contribution >= 0.6 is 27.3 Å². The Hall–Kier alpha value is -1.05. The van der Waals surface area contributed by atoms with Crippen molar-refractivity contribution < 1.29 is 0 Å². The summed E-state index contributed by atoms with van der Waals surface area (Å²) in [5.74, 6) is 0.286. The van der Waals surface area contributed by atoms with Gasteiger partial charge < -0.3 is 5.73 Å². The van der Waals surface area contributed by atoms with Crippen LogP contribution in [0.1, 0.15) is 24.3 Å². The largest absolute Gasteiger partial charge is 0.368 e. The van der Waals surface area contributed by atoms with E-state index < -0.39 is 0 Å². The van der Waals surface area contributed by atoms with Crippen LogP contribution in [-0.2, 0) is 6.54 Å². The third-order valence-electron chi connectivity index (χ3n) is 3.36. The molecule has 106 valence electrons. The minimum atomic E-state index is 0.286. The summed E-state index contributed by atoms with van der Waals surface area (Å²) < 4.78 is 0.847. The summed E-state index contributed by atoms with van der Waals surface area (Å²) in [4.78, 5) is 16.2. The normalized spacial score (nSPS) is 16.4. The van der Waals surface area contributed by atoms with Crippen LogP contribution in [0.5, 0.6) is 0 Å². The van der Waals surface area contributed by atoms with Gasteiger partial charge in [0.1, 0.15) is 10.7 Å². The van der Waals surface area contributed by atoms with Crippen LogP contribution in [0.15, 0.2) is 16.9 Å². The average Bonchev–Trinajstić information content (AvgIpc) is 2.91. The number of nitrogens with two attached hydrogens (primary N) is 1. The number of thiazole rings is 1. The highest BCUT2D eigenvalue weighted by molar-refractivity contribution is 9.10. The SMILES string of the molecule is Nc1ncc(Br)c(-c2cnc(CN3CCCCC3)s2)n1. The highest BCUT2D eigenvalue weighted by Gasteiger charge is 2.14. The fraction of sp³-hybridized carbons (Fsp3) is 0.462. The van der Waals surface area contributed by atoms with Gasteiger partial charge in [-0.1, -0.05) is 6.42 Å². The van der Waals surface area contributed by atoms with E-state index in [2.05, 4.69) is 35.8 Å². The molecule has 0 unspecified atom stereocenters. The molecule has 5 nitrogen and oxygen atoms in total. The van der Waals surface area contributed by atoms with Gasteiger partial charge in [-0.05, 0) is 41.9 Å². The quantitative estimate of drug-likeness (QED) is 0.918. The van der Waals surface area contributed by atoms with E-state index in [9.17, 15) is 0 Å². The molecule has 2 aromatic heterocycles. The van der Waals surface area contributed by atoms with Crippen LogP contribution in [0.25, 0.3) is 10.6 Å². The van der Waals surface area contributed by atoms with E-state index in [0.717, 1.165) is 26.6 Å². The van der Waals surface area contributed by atoms with Gasteiger partial charge in [-0.15, -0.1) is 11.3 Å². The van der Waals surface area contributed by atoms with E-state index in [1.54, 1.807) is 17.5 Å². The molecule has 0 saturated carbocycles. The predicted molar refractivity (Wildman–Crippen MR) is 84.4 cm³/mol. The van der Waals surface area contributed by atoms with Crippen molar-refractivity contribution in [1.29, 1.82) is 0 Å². The van der Waals surface area contributed by atoms with Crippen molar-refractivity contribution in [2.75, 3.05) is 18.8 Å². The van der Waals surface area contributed by atoms with Crippen molar-refractivity contribution in [3.8, 4) is 10.6 Å². The standard InChI is InChI=1S/C13H16BrN5S/c14-9-6-17-13(15)18-12(9)10-7-16-11(20-10)8-19-4-2-1-3-5-19/h6-7H,1-5,8H2,(H2,15,17,18). The van der Waals surface area contributed by atoms with Crippen LogP contribution in [0, 0.1) is 0 Å². The molecule has 1 aliphatic heterocycles.